The Morgan fingerprint density at radius 2 is 1.80 bits per heavy atom. The Morgan fingerprint density at radius 1 is 1.20 bits per heavy atom. The number of halogens is 1. The van der Waals surface area contributed by atoms with Crippen molar-refractivity contribution in [2.75, 3.05) is 0 Å². The predicted molar refractivity (Wildman–Crippen MR) is 81.2 cm³/mol. The number of hydrogen-bond donors (Lipinski definition) is 1. The minimum atomic E-state index is -0.545. The second-order valence-corrected chi connectivity index (χ2v) is 5.44. The van der Waals surface area contributed by atoms with Crippen molar-refractivity contribution in [3.63, 3.8) is 0 Å². The quantitative estimate of drug-likeness (QED) is 0.931. The van der Waals surface area contributed by atoms with Crippen LogP contribution >= 0.6 is 15.9 Å². The standard InChI is InChI=1S/C15H15BrN2O2/c1-8-4-5-18-15(12(8)14(17)19)20-11-6-9(2)13(16)10(3)7-11/h4-7H,1-3H3,(H2,17,19). The molecule has 0 fully saturated rings. The number of carbonyl (C=O) groups is 1. The minimum absolute atomic E-state index is 0.235. The maximum atomic E-state index is 11.5. The number of aryl methyl sites for hydroxylation is 3. The second-order valence-electron chi connectivity index (χ2n) is 4.65. The van der Waals surface area contributed by atoms with Crippen molar-refractivity contribution >= 4 is 21.8 Å². The lowest BCUT2D eigenvalue weighted by atomic mass is 10.1. The molecule has 0 radical (unpaired) electrons. The number of benzene rings is 1. The zero-order valence-electron chi connectivity index (χ0n) is 11.5. The van der Waals surface area contributed by atoms with Crippen LogP contribution in [0.25, 0.3) is 0 Å². The number of nitrogens with two attached hydrogens (primary N) is 1. The van der Waals surface area contributed by atoms with E-state index < -0.39 is 5.91 Å². The number of aromatic nitrogens is 1. The van der Waals surface area contributed by atoms with Crippen molar-refractivity contribution < 1.29 is 9.53 Å². The summed E-state index contributed by atoms with van der Waals surface area (Å²) >= 11 is 3.50. The fourth-order valence-electron chi connectivity index (χ4n) is 1.99. The molecule has 1 heterocycles. The van der Waals surface area contributed by atoms with Crippen molar-refractivity contribution in [1.29, 1.82) is 0 Å². The van der Waals surface area contributed by atoms with Crippen molar-refractivity contribution in [2.45, 2.75) is 20.8 Å². The van der Waals surface area contributed by atoms with E-state index >= 15 is 0 Å². The molecule has 2 rings (SSSR count). The van der Waals surface area contributed by atoms with Gasteiger partial charge in [0.15, 0.2) is 0 Å². The number of rotatable bonds is 3. The third-order valence-electron chi connectivity index (χ3n) is 3.00. The highest BCUT2D eigenvalue weighted by molar-refractivity contribution is 9.10. The summed E-state index contributed by atoms with van der Waals surface area (Å²) < 4.78 is 6.77. The smallest absolute Gasteiger partial charge is 0.254 e. The van der Waals surface area contributed by atoms with E-state index in [0.717, 1.165) is 21.2 Å². The van der Waals surface area contributed by atoms with E-state index in [1.54, 1.807) is 19.2 Å². The number of carbonyl (C=O) groups excluding carboxylic acids is 1. The molecule has 1 amide bonds. The SMILES string of the molecule is Cc1cc(Oc2nccc(C)c2C(N)=O)cc(C)c1Br. The largest absolute Gasteiger partial charge is 0.438 e. The van der Waals surface area contributed by atoms with Gasteiger partial charge in [-0.25, -0.2) is 4.98 Å². The molecule has 4 nitrogen and oxygen atoms in total. The van der Waals surface area contributed by atoms with E-state index in [2.05, 4.69) is 20.9 Å². The van der Waals surface area contributed by atoms with Crippen molar-refractivity contribution in [2.24, 2.45) is 5.73 Å². The van der Waals surface area contributed by atoms with Crippen LogP contribution in [0.4, 0.5) is 0 Å². The van der Waals surface area contributed by atoms with Crippen LogP contribution in [-0.2, 0) is 0 Å². The monoisotopic (exact) mass is 334 g/mol. The highest BCUT2D eigenvalue weighted by Gasteiger charge is 2.15. The summed E-state index contributed by atoms with van der Waals surface area (Å²) in [6.07, 6.45) is 1.59. The fourth-order valence-corrected chi connectivity index (χ4v) is 2.22. The molecule has 5 heteroatoms. The van der Waals surface area contributed by atoms with Crippen LogP contribution in [-0.4, -0.2) is 10.9 Å². The lowest BCUT2D eigenvalue weighted by Crippen LogP contribution is -2.14. The molecule has 0 spiro atoms. The van der Waals surface area contributed by atoms with Gasteiger partial charge in [-0.05, 0) is 55.7 Å². The van der Waals surface area contributed by atoms with Crippen LogP contribution in [0.1, 0.15) is 27.0 Å². The first-order chi connectivity index (χ1) is 9.40. The Hall–Kier alpha value is -1.88. The Balaban J connectivity index is 2.45. The molecule has 104 valence electrons. The average molecular weight is 335 g/mol. The normalized spacial score (nSPS) is 10.4. The topological polar surface area (TPSA) is 65.2 Å². The molecule has 0 aliphatic heterocycles. The van der Waals surface area contributed by atoms with E-state index in [-0.39, 0.29) is 5.88 Å². The number of amides is 1. The predicted octanol–water partition coefficient (Wildman–Crippen LogP) is 3.66. The van der Waals surface area contributed by atoms with Gasteiger partial charge in [0.25, 0.3) is 5.91 Å². The third-order valence-corrected chi connectivity index (χ3v) is 4.25. The van der Waals surface area contributed by atoms with Crippen LogP contribution in [0.15, 0.2) is 28.9 Å². The van der Waals surface area contributed by atoms with E-state index in [1.807, 2.05) is 26.0 Å². The van der Waals surface area contributed by atoms with Gasteiger partial charge in [0.05, 0.1) is 0 Å². The molecular formula is C15H15BrN2O2. The molecule has 0 atom stereocenters. The Morgan fingerprint density at radius 3 is 2.35 bits per heavy atom. The van der Waals surface area contributed by atoms with E-state index in [4.69, 9.17) is 10.5 Å². The van der Waals surface area contributed by atoms with Crippen LogP contribution in [0.3, 0.4) is 0 Å². The zero-order valence-corrected chi connectivity index (χ0v) is 13.1. The summed E-state index contributed by atoms with van der Waals surface area (Å²) in [6.45, 7) is 5.75. The Labute approximate surface area is 126 Å². The molecule has 0 saturated heterocycles. The van der Waals surface area contributed by atoms with Gasteiger partial charge in [0, 0.05) is 10.7 Å². The lowest BCUT2D eigenvalue weighted by Gasteiger charge is -2.12. The summed E-state index contributed by atoms with van der Waals surface area (Å²) in [5.41, 5.74) is 8.54. The number of nitrogens with zero attached hydrogens (tertiary/aromatic N) is 1. The molecule has 0 saturated carbocycles. The van der Waals surface area contributed by atoms with Gasteiger partial charge in [0.1, 0.15) is 11.3 Å². The summed E-state index contributed by atoms with van der Waals surface area (Å²) in [5.74, 6) is 0.318. The molecule has 1 aromatic heterocycles. The van der Waals surface area contributed by atoms with Crippen LogP contribution < -0.4 is 10.5 Å². The molecule has 20 heavy (non-hydrogen) atoms. The highest BCUT2D eigenvalue weighted by atomic mass is 79.9. The maximum absolute atomic E-state index is 11.5. The van der Waals surface area contributed by atoms with E-state index in [9.17, 15) is 4.79 Å². The summed E-state index contributed by atoms with van der Waals surface area (Å²) in [6, 6.07) is 5.49. The first kappa shape index (κ1) is 14.5. The van der Waals surface area contributed by atoms with Gasteiger partial charge in [0.2, 0.25) is 5.88 Å². The molecular weight excluding hydrogens is 320 g/mol. The number of ether oxygens (including phenoxy) is 1. The lowest BCUT2D eigenvalue weighted by molar-refractivity contribution is 0.0997. The summed E-state index contributed by atoms with van der Waals surface area (Å²) in [5, 5.41) is 0. The molecule has 0 bridgehead atoms. The summed E-state index contributed by atoms with van der Waals surface area (Å²) in [4.78, 5) is 15.6. The van der Waals surface area contributed by atoms with Gasteiger partial charge in [-0.3, -0.25) is 4.79 Å². The van der Waals surface area contributed by atoms with Crippen molar-refractivity contribution in [3.8, 4) is 11.6 Å². The van der Waals surface area contributed by atoms with E-state index in [0.29, 0.717) is 11.3 Å². The van der Waals surface area contributed by atoms with Gasteiger partial charge in [-0.15, -0.1) is 0 Å². The van der Waals surface area contributed by atoms with Crippen molar-refractivity contribution in [3.05, 3.63) is 51.1 Å². The van der Waals surface area contributed by atoms with Crippen LogP contribution in [0.5, 0.6) is 11.6 Å². The number of primary amides is 1. The Kier molecular flexibility index (Phi) is 4.09. The van der Waals surface area contributed by atoms with Crippen LogP contribution in [0, 0.1) is 20.8 Å². The maximum Gasteiger partial charge on any atom is 0.254 e. The summed E-state index contributed by atoms with van der Waals surface area (Å²) in [7, 11) is 0. The first-order valence-electron chi connectivity index (χ1n) is 6.10. The highest BCUT2D eigenvalue weighted by Crippen LogP contribution is 2.30. The third kappa shape index (κ3) is 2.82. The molecule has 2 aromatic rings. The van der Waals surface area contributed by atoms with Gasteiger partial charge in [-0.2, -0.15) is 0 Å². The van der Waals surface area contributed by atoms with Gasteiger partial charge < -0.3 is 10.5 Å². The first-order valence-corrected chi connectivity index (χ1v) is 6.89. The van der Waals surface area contributed by atoms with Crippen molar-refractivity contribution in [1.82, 2.24) is 4.98 Å². The van der Waals surface area contributed by atoms with Gasteiger partial charge >= 0.3 is 0 Å². The van der Waals surface area contributed by atoms with E-state index in [1.165, 1.54) is 0 Å². The second kappa shape index (κ2) is 5.63. The van der Waals surface area contributed by atoms with Crippen LogP contribution in [0.2, 0.25) is 0 Å². The number of hydrogen-bond acceptors (Lipinski definition) is 3. The molecule has 2 N–H and O–H groups in total. The molecule has 1 aromatic carbocycles. The average Bonchev–Trinajstić information content (AvgIpc) is 2.35. The molecule has 0 aliphatic rings. The fraction of sp³-hybridized carbons (Fsp3) is 0.200. The Bertz CT molecular complexity index is 661. The molecule has 0 unspecified atom stereocenters. The number of pyridine rings is 1. The zero-order chi connectivity index (χ0) is 14.9. The molecule has 0 aliphatic carbocycles. The minimum Gasteiger partial charge on any atom is -0.438 e. The van der Waals surface area contributed by atoms with Gasteiger partial charge in [-0.1, -0.05) is 15.9 Å².